The molecule has 0 aliphatic heterocycles. The SMILES string of the molecule is CCN(CC)CCCOc1cc2ncnc(NC3=CC(=O)C(Cl)=CC3=O)c2cc1OC. The van der Waals surface area contributed by atoms with E-state index in [2.05, 4.69) is 34.0 Å². The van der Waals surface area contributed by atoms with Crippen LogP contribution in [0.3, 0.4) is 0 Å². The second kappa shape index (κ2) is 10.4. The number of hydrogen-bond donors (Lipinski definition) is 1. The number of halogens is 1. The third-order valence-electron chi connectivity index (χ3n) is 4.98. The van der Waals surface area contributed by atoms with Gasteiger partial charge in [0.1, 0.15) is 12.1 Å². The topological polar surface area (TPSA) is 93.6 Å². The molecule has 1 aromatic heterocycles. The molecule has 8 nitrogen and oxygen atoms in total. The Morgan fingerprint density at radius 3 is 2.55 bits per heavy atom. The van der Waals surface area contributed by atoms with Gasteiger partial charge in [0.05, 0.1) is 30.0 Å². The van der Waals surface area contributed by atoms with Gasteiger partial charge in [-0.1, -0.05) is 25.4 Å². The van der Waals surface area contributed by atoms with Crippen molar-refractivity contribution < 1.29 is 19.1 Å². The van der Waals surface area contributed by atoms with Crippen LogP contribution in [0.5, 0.6) is 11.5 Å². The number of fused-ring (bicyclic) bond motifs is 1. The quantitative estimate of drug-likeness (QED) is 0.440. The molecule has 0 unspecified atom stereocenters. The van der Waals surface area contributed by atoms with Gasteiger partial charge in [0.2, 0.25) is 5.78 Å². The number of ether oxygens (including phenoxy) is 2. The predicted octanol–water partition coefficient (Wildman–Crippen LogP) is 3.32. The number of rotatable bonds is 10. The van der Waals surface area contributed by atoms with E-state index >= 15 is 0 Å². The minimum Gasteiger partial charge on any atom is -0.493 e. The van der Waals surface area contributed by atoms with Crippen LogP contribution in [0.1, 0.15) is 20.3 Å². The average molecular weight is 445 g/mol. The van der Waals surface area contributed by atoms with Gasteiger partial charge in [-0.3, -0.25) is 9.59 Å². The minimum absolute atomic E-state index is 0.0881. The number of aromatic nitrogens is 2. The molecule has 1 aliphatic rings. The number of carbonyl (C=O) groups excluding carboxylic acids is 2. The second-order valence-electron chi connectivity index (χ2n) is 6.88. The lowest BCUT2D eigenvalue weighted by molar-refractivity contribution is -0.114. The third kappa shape index (κ3) is 5.39. The number of allylic oxidation sites excluding steroid dienone is 3. The van der Waals surface area contributed by atoms with Crippen molar-refractivity contribution in [1.29, 1.82) is 0 Å². The molecule has 31 heavy (non-hydrogen) atoms. The average Bonchev–Trinajstić information content (AvgIpc) is 2.77. The van der Waals surface area contributed by atoms with Crippen molar-refractivity contribution in [2.45, 2.75) is 20.3 Å². The Kier molecular flexibility index (Phi) is 7.59. The fraction of sp³-hybridized carbons (Fsp3) is 0.364. The monoisotopic (exact) mass is 444 g/mol. The minimum atomic E-state index is -0.444. The van der Waals surface area contributed by atoms with E-state index in [4.69, 9.17) is 21.1 Å². The predicted molar refractivity (Wildman–Crippen MR) is 120 cm³/mol. The van der Waals surface area contributed by atoms with Crippen LogP contribution in [0.15, 0.2) is 41.3 Å². The highest BCUT2D eigenvalue weighted by Crippen LogP contribution is 2.34. The molecule has 0 bridgehead atoms. The van der Waals surface area contributed by atoms with Crippen molar-refractivity contribution in [1.82, 2.24) is 14.9 Å². The van der Waals surface area contributed by atoms with E-state index < -0.39 is 11.6 Å². The summed E-state index contributed by atoms with van der Waals surface area (Å²) in [6.07, 6.45) is 4.50. The molecule has 0 amide bonds. The van der Waals surface area contributed by atoms with E-state index in [1.807, 2.05) is 0 Å². The first kappa shape index (κ1) is 22.7. The highest BCUT2D eigenvalue weighted by molar-refractivity contribution is 6.47. The number of benzene rings is 1. The molecule has 0 saturated carbocycles. The maximum atomic E-state index is 12.2. The van der Waals surface area contributed by atoms with Gasteiger partial charge in [-0.2, -0.15) is 0 Å². The number of carbonyl (C=O) groups is 2. The number of nitrogens with zero attached hydrogens (tertiary/aromatic N) is 3. The summed E-state index contributed by atoms with van der Waals surface area (Å²) in [5, 5.41) is 3.41. The van der Waals surface area contributed by atoms with Crippen molar-refractivity contribution in [3.05, 3.63) is 41.3 Å². The summed E-state index contributed by atoms with van der Waals surface area (Å²) in [6.45, 7) is 7.80. The molecule has 0 atom stereocenters. The smallest absolute Gasteiger partial charge is 0.203 e. The molecule has 0 spiro atoms. The fourth-order valence-electron chi connectivity index (χ4n) is 3.21. The molecule has 0 fully saturated rings. The number of methoxy groups -OCH3 is 1. The lowest BCUT2D eigenvalue weighted by Crippen LogP contribution is -2.25. The molecule has 0 radical (unpaired) electrons. The largest absolute Gasteiger partial charge is 0.493 e. The van der Waals surface area contributed by atoms with E-state index in [9.17, 15) is 9.59 Å². The molecular formula is C22H25ClN4O4. The third-order valence-corrected chi connectivity index (χ3v) is 5.27. The summed E-state index contributed by atoms with van der Waals surface area (Å²) < 4.78 is 11.4. The molecule has 0 saturated heterocycles. The maximum absolute atomic E-state index is 12.2. The highest BCUT2D eigenvalue weighted by Gasteiger charge is 2.20. The van der Waals surface area contributed by atoms with Crippen molar-refractivity contribution in [2.24, 2.45) is 0 Å². The van der Waals surface area contributed by atoms with E-state index in [1.165, 1.54) is 6.33 Å². The van der Waals surface area contributed by atoms with Gasteiger partial charge in [0, 0.05) is 30.1 Å². The van der Waals surface area contributed by atoms with Gasteiger partial charge in [0.25, 0.3) is 0 Å². The van der Waals surface area contributed by atoms with Gasteiger partial charge < -0.3 is 19.7 Å². The van der Waals surface area contributed by atoms with Crippen LogP contribution in [0.4, 0.5) is 5.82 Å². The summed E-state index contributed by atoms with van der Waals surface area (Å²) in [4.78, 5) is 34.8. The van der Waals surface area contributed by atoms with Crippen molar-refractivity contribution in [3.8, 4) is 11.5 Å². The van der Waals surface area contributed by atoms with Gasteiger partial charge in [-0.25, -0.2) is 9.97 Å². The van der Waals surface area contributed by atoms with Crippen LogP contribution in [0.2, 0.25) is 0 Å². The molecule has 1 aromatic carbocycles. The zero-order valence-corrected chi connectivity index (χ0v) is 18.5. The Balaban J connectivity index is 1.81. The van der Waals surface area contributed by atoms with Gasteiger partial charge >= 0.3 is 0 Å². The van der Waals surface area contributed by atoms with E-state index in [0.29, 0.717) is 34.8 Å². The Morgan fingerprint density at radius 1 is 1.06 bits per heavy atom. The van der Waals surface area contributed by atoms with Gasteiger partial charge in [0.15, 0.2) is 17.3 Å². The van der Waals surface area contributed by atoms with Crippen LogP contribution in [0, 0.1) is 0 Å². The van der Waals surface area contributed by atoms with Crippen molar-refractivity contribution >= 4 is 39.9 Å². The first-order valence-corrected chi connectivity index (χ1v) is 10.5. The van der Waals surface area contributed by atoms with E-state index in [1.54, 1.807) is 19.2 Å². The van der Waals surface area contributed by atoms with E-state index in [-0.39, 0.29) is 10.7 Å². The van der Waals surface area contributed by atoms with Crippen LogP contribution in [-0.4, -0.2) is 59.8 Å². The Morgan fingerprint density at radius 2 is 1.84 bits per heavy atom. The molecule has 1 N–H and O–H groups in total. The molecule has 164 valence electrons. The van der Waals surface area contributed by atoms with Crippen LogP contribution >= 0.6 is 11.6 Å². The maximum Gasteiger partial charge on any atom is 0.203 e. The Labute approximate surface area is 185 Å². The summed E-state index contributed by atoms with van der Waals surface area (Å²) in [5.41, 5.74) is 0.700. The zero-order valence-electron chi connectivity index (χ0n) is 17.8. The van der Waals surface area contributed by atoms with Crippen molar-refractivity contribution in [2.75, 3.05) is 38.7 Å². The number of hydrogen-bond acceptors (Lipinski definition) is 8. The zero-order chi connectivity index (χ0) is 22.4. The lowest BCUT2D eigenvalue weighted by atomic mass is 10.1. The van der Waals surface area contributed by atoms with Gasteiger partial charge in [-0.15, -0.1) is 0 Å². The van der Waals surface area contributed by atoms with Crippen LogP contribution in [0.25, 0.3) is 10.9 Å². The van der Waals surface area contributed by atoms with Gasteiger partial charge in [-0.05, 0) is 25.6 Å². The fourth-order valence-corrected chi connectivity index (χ4v) is 3.36. The first-order chi connectivity index (χ1) is 15.0. The van der Waals surface area contributed by atoms with Crippen LogP contribution < -0.4 is 14.8 Å². The van der Waals surface area contributed by atoms with Crippen LogP contribution in [-0.2, 0) is 9.59 Å². The number of anilines is 1. The molecule has 2 aromatic rings. The normalized spacial score (nSPS) is 14.0. The number of ketones is 2. The Bertz CT molecular complexity index is 1050. The Hall–Kier alpha value is -2.97. The number of nitrogens with one attached hydrogen (secondary N) is 1. The van der Waals surface area contributed by atoms with E-state index in [0.717, 1.165) is 38.2 Å². The second-order valence-corrected chi connectivity index (χ2v) is 7.28. The molecule has 9 heteroatoms. The molecule has 1 heterocycles. The first-order valence-electron chi connectivity index (χ1n) is 10.1. The lowest BCUT2D eigenvalue weighted by Gasteiger charge is -2.18. The van der Waals surface area contributed by atoms with Crippen molar-refractivity contribution in [3.63, 3.8) is 0 Å². The molecule has 1 aliphatic carbocycles. The standard InChI is InChI=1S/C22H25ClN4O4/c1-4-27(5-2)7-6-8-31-21-12-16-14(9-20(21)30-3)22(25-13-24-16)26-17-11-18(28)15(23)10-19(17)29/h9-13H,4-8H2,1-3H3,(H,24,25,26). The summed E-state index contributed by atoms with van der Waals surface area (Å²) in [5.74, 6) is 0.625. The molecule has 3 rings (SSSR count). The molecular weight excluding hydrogens is 420 g/mol. The summed E-state index contributed by atoms with van der Waals surface area (Å²) in [7, 11) is 1.56. The highest BCUT2D eigenvalue weighted by atomic mass is 35.5. The summed E-state index contributed by atoms with van der Waals surface area (Å²) in [6, 6.07) is 3.52. The summed E-state index contributed by atoms with van der Waals surface area (Å²) >= 11 is 5.73.